The van der Waals surface area contributed by atoms with Crippen LogP contribution in [0.4, 0.5) is 11.5 Å². The lowest BCUT2D eigenvalue weighted by atomic mass is 10.1. The summed E-state index contributed by atoms with van der Waals surface area (Å²) < 4.78 is 2.09. The number of aromatic nitrogens is 2. The summed E-state index contributed by atoms with van der Waals surface area (Å²) in [7, 11) is 0. The lowest BCUT2D eigenvalue weighted by Crippen LogP contribution is -1.98. The van der Waals surface area contributed by atoms with Gasteiger partial charge in [0, 0.05) is 27.9 Å². The molecule has 0 radical (unpaired) electrons. The standard InChI is InChI=1S/C19H16ClN3S/c1-12-3-8-16(13(2)11-12)21-18-17(14-4-6-15(20)7-5-14)22-19-23(18)9-10-24-19/h3-11,21H,1-2H3. The van der Waals surface area contributed by atoms with Gasteiger partial charge in [-0.3, -0.25) is 4.40 Å². The zero-order valence-electron chi connectivity index (χ0n) is 13.4. The highest BCUT2D eigenvalue weighted by molar-refractivity contribution is 7.15. The number of nitrogens with zero attached hydrogens (tertiary/aromatic N) is 2. The first-order valence-corrected chi connectivity index (χ1v) is 8.93. The van der Waals surface area contributed by atoms with Gasteiger partial charge >= 0.3 is 0 Å². The van der Waals surface area contributed by atoms with E-state index in [0.29, 0.717) is 0 Å². The zero-order valence-corrected chi connectivity index (χ0v) is 14.9. The van der Waals surface area contributed by atoms with Crippen LogP contribution in [0.3, 0.4) is 0 Å². The molecule has 4 rings (SSSR count). The monoisotopic (exact) mass is 353 g/mol. The Bertz CT molecular complexity index is 1010. The predicted molar refractivity (Wildman–Crippen MR) is 103 cm³/mol. The highest BCUT2D eigenvalue weighted by Gasteiger charge is 2.16. The molecule has 0 aliphatic rings. The van der Waals surface area contributed by atoms with E-state index in [2.05, 4.69) is 41.8 Å². The number of benzene rings is 2. The summed E-state index contributed by atoms with van der Waals surface area (Å²) in [6, 6.07) is 14.2. The van der Waals surface area contributed by atoms with Crippen molar-refractivity contribution in [3.63, 3.8) is 0 Å². The van der Waals surface area contributed by atoms with E-state index in [1.54, 1.807) is 11.3 Å². The summed E-state index contributed by atoms with van der Waals surface area (Å²) in [5.41, 5.74) is 5.53. The number of fused-ring (bicyclic) bond motifs is 1. The van der Waals surface area contributed by atoms with Gasteiger partial charge in [0.05, 0.1) is 0 Å². The van der Waals surface area contributed by atoms with Gasteiger partial charge in [0.2, 0.25) is 0 Å². The van der Waals surface area contributed by atoms with Crippen LogP contribution in [0.1, 0.15) is 11.1 Å². The van der Waals surface area contributed by atoms with Crippen LogP contribution in [0.5, 0.6) is 0 Å². The average Bonchev–Trinajstić information content (AvgIpc) is 3.13. The second-order valence-electron chi connectivity index (χ2n) is 5.81. The van der Waals surface area contributed by atoms with E-state index < -0.39 is 0 Å². The number of halogens is 1. The number of nitrogens with one attached hydrogen (secondary N) is 1. The van der Waals surface area contributed by atoms with Crippen molar-refractivity contribution in [2.75, 3.05) is 5.32 Å². The molecule has 1 N–H and O–H groups in total. The van der Waals surface area contributed by atoms with Gasteiger partial charge in [0.25, 0.3) is 0 Å². The number of thiazole rings is 1. The van der Waals surface area contributed by atoms with Crippen molar-refractivity contribution in [1.29, 1.82) is 0 Å². The van der Waals surface area contributed by atoms with Gasteiger partial charge in [-0.25, -0.2) is 4.98 Å². The number of hydrogen-bond donors (Lipinski definition) is 1. The Balaban J connectivity index is 1.85. The molecular formula is C19H16ClN3S. The smallest absolute Gasteiger partial charge is 0.195 e. The van der Waals surface area contributed by atoms with Crippen molar-refractivity contribution in [3.8, 4) is 11.3 Å². The molecule has 0 saturated carbocycles. The Morgan fingerprint density at radius 3 is 2.62 bits per heavy atom. The molecule has 0 saturated heterocycles. The van der Waals surface area contributed by atoms with Gasteiger partial charge < -0.3 is 5.32 Å². The first kappa shape index (κ1) is 15.2. The second-order valence-corrected chi connectivity index (χ2v) is 7.12. The summed E-state index contributed by atoms with van der Waals surface area (Å²) in [5.74, 6) is 0.973. The molecule has 120 valence electrons. The maximum Gasteiger partial charge on any atom is 0.195 e. The molecular weight excluding hydrogens is 338 g/mol. The van der Waals surface area contributed by atoms with Crippen LogP contribution in [0.15, 0.2) is 54.0 Å². The first-order valence-electron chi connectivity index (χ1n) is 7.67. The minimum absolute atomic E-state index is 0.726. The Hall–Kier alpha value is -2.30. The molecule has 24 heavy (non-hydrogen) atoms. The Morgan fingerprint density at radius 1 is 1.08 bits per heavy atom. The van der Waals surface area contributed by atoms with Gasteiger partial charge in [-0.15, -0.1) is 11.3 Å². The van der Waals surface area contributed by atoms with E-state index in [4.69, 9.17) is 16.6 Å². The van der Waals surface area contributed by atoms with E-state index in [0.717, 1.165) is 32.7 Å². The molecule has 0 amide bonds. The number of hydrogen-bond acceptors (Lipinski definition) is 3. The lowest BCUT2D eigenvalue weighted by Gasteiger charge is -2.11. The van der Waals surface area contributed by atoms with E-state index in [9.17, 15) is 0 Å². The third kappa shape index (κ3) is 2.68. The highest BCUT2D eigenvalue weighted by atomic mass is 35.5. The van der Waals surface area contributed by atoms with Gasteiger partial charge in [-0.1, -0.05) is 41.4 Å². The number of imidazole rings is 1. The Kier molecular flexibility index (Phi) is 3.79. The Labute approximate surface area is 149 Å². The average molecular weight is 354 g/mol. The molecule has 2 heterocycles. The first-order chi connectivity index (χ1) is 11.6. The van der Waals surface area contributed by atoms with Crippen molar-refractivity contribution in [1.82, 2.24) is 9.38 Å². The quantitative estimate of drug-likeness (QED) is 0.483. The molecule has 0 spiro atoms. The number of aryl methyl sites for hydroxylation is 2. The van der Waals surface area contributed by atoms with Crippen molar-refractivity contribution >= 4 is 39.4 Å². The van der Waals surface area contributed by atoms with Gasteiger partial charge in [0.1, 0.15) is 11.5 Å². The van der Waals surface area contributed by atoms with Gasteiger partial charge in [-0.05, 0) is 37.6 Å². The van der Waals surface area contributed by atoms with Crippen molar-refractivity contribution in [3.05, 3.63) is 70.2 Å². The van der Waals surface area contributed by atoms with E-state index >= 15 is 0 Å². The topological polar surface area (TPSA) is 29.3 Å². The normalized spacial score (nSPS) is 11.1. The van der Waals surface area contributed by atoms with Gasteiger partial charge in [-0.2, -0.15) is 0 Å². The minimum Gasteiger partial charge on any atom is -0.339 e. The van der Waals surface area contributed by atoms with Crippen LogP contribution in [0, 0.1) is 13.8 Å². The largest absolute Gasteiger partial charge is 0.339 e. The van der Waals surface area contributed by atoms with E-state index in [1.165, 1.54) is 11.1 Å². The van der Waals surface area contributed by atoms with Crippen LogP contribution < -0.4 is 5.32 Å². The van der Waals surface area contributed by atoms with Crippen molar-refractivity contribution < 1.29 is 0 Å². The fraction of sp³-hybridized carbons (Fsp3) is 0.105. The maximum atomic E-state index is 6.02. The Morgan fingerprint density at radius 2 is 1.88 bits per heavy atom. The maximum absolute atomic E-state index is 6.02. The summed E-state index contributed by atoms with van der Waals surface area (Å²) in [6.45, 7) is 4.22. The van der Waals surface area contributed by atoms with Crippen LogP contribution in [-0.2, 0) is 0 Å². The SMILES string of the molecule is Cc1ccc(Nc2c(-c3ccc(Cl)cc3)nc3sccn23)c(C)c1. The molecule has 0 fully saturated rings. The summed E-state index contributed by atoms with van der Waals surface area (Å²) in [5, 5.41) is 6.33. The molecule has 0 atom stereocenters. The van der Waals surface area contributed by atoms with Gasteiger partial charge in [0.15, 0.2) is 4.96 Å². The second kappa shape index (κ2) is 5.96. The lowest BCUT2D eigenvalue weighted by molar-refractivity contribution is 1.22. The van der Waals surface area contributed by atoms with Crippen molar-refractivity contribution in [2.24, 2.45) is 0 Å². The number of rotatable bonds is 3. The molecule has 3 nitrogen and oxygen atoms in total. The molecule has 0 aliphatic carbocycles. The van der Waals surface area contributed by atoms with Crippen LogP contribution in [0.25, 0.3) is 16.2 Å². The fourth-order valence-corrected chi connectivity index (χ4v) is 3.64. The number of anilines is 2. The molecule has 2 aromatic carbocycles. The van der Waals surface area contributed by atoms with E-state index in [-0.39, 0.29) is 0 Å². The van der Waals surface area contributed by atoms with Crippen LogP contribution in [0.2, 0.25) is 5.02 Å². The molecule has 2 aromatic heterocycles. The molecule has 0 aliphatic heterocycles. The van der Waals surface area contributed by atoms with Crippen molar-refractivity contribution in [2.45, 2.75) is 13.8 Å². The minimum atomic E-state index is 0.726. The molecule has 5 heteroatoms. The third-order valence-corrected chi connectivity index (χ3v) is 5.02. The summed E-state index contributed by atoms with van der Waals surface area (Å²) in [4.78, 5) is 5.76. The molecule has 4 aromatic rings. The molecule has 0 bridgehead atoms. The highest BCUT2D eigenvalue weighted by Crippen LogP contribution is 2.34. The van der Waals surface area contributed by atoms with E-state index in [1.807, 2.05) is 35.8 Å². The summed E-state index contributed by atoms with van der Waals surface area (Å²) in [6.07, 6.45) is 2.04. The summed E-state index contributed by atoms with van der Waals surface area (Å²) >= 11 is 7.65. The molecule has 0 unspecified atom stereocenters. The van der Waals surface area contributed by atoms with Crippen LogP contribution in [-0.4, -0.2) is 9.38 Å². The third-order valence-electron chi connectivity index (χ3n) is 4.01. The van der Waals surface area contributed by atoms with Crippen LogP contribution >= 0.6 is 22.9 Å². The fourth-order valence-electron chi connectivity index (χ4n) is 2.80. The predicted octanol–water partition coefficient (Wildman–Crippen LogP) is 6.08. The zero-order chi connectivity index (χ0) is 16.7.